The average Bonchev–Trinajstić information content (AvgIpc) is 3.29. The summed E-state index contributed by atoms with van der Waals surface area (Å²) >= 11 is 1.72. The van der Waals surface area contributed by atoms with Crippen LogP contribution in [0.4, 0.5) is 0 Å². The third kappa shape index (κ3) is 2.92. The van der Waals surface area contributed by atoms with E-state index in [4.69, 9.17) is 14.2 Å². The SMILES string of the molecule is CC1CCc2c(sc3ncnc(OCC(=O)c4ccc5c(c4)OCO5)c23)C1. The quantitative estimate of drug-likeness (QED) is 0.639. The number of thiophene rings is 1. The van der Waals surface area contributed by atoms with Crippen molar-refractivity contribution in [3.8, 4) is 17.4 Å². The van der Waals surface area contributed by atoms with Crippen molar-refractivity contribution in [1.29, 1.82) is 0 Å². The zero-order valence-corrected chi connectivity index (χ0v) is 15.7. The average molecular weight is 382 g/mol. The molecule has 138 valence electrons. The molecule has 0 bridgehead atoms. The number of benzene rings is 1. The summed E-state index contributed by atoms with van der Waals surface area (Å²) in [5, 5.41) is 0.975. The van der Waals surface area contributed by atoms with Gasteiger partial charge in [0.05, 0.1) is 5.39 Å². The molecule has 0 saturated carbocycles. The number of nitrogens with zero attached hydrogens (tertiary/aromatic N) is 2. The maximum absolute atomic E-state index is 12.6. The Morgan fingerprint density at radius 2 is 2.19 bits per heavy atom. The number of ether oxygens (including phenoxy) is 3. The molecule has 2 aliphatic rings. The highest BCUT2D eigenvalue weighted by atomic mass is 32.1. The molecule has 27 heavy (non-hydrogen) atoms. The van der Waals surface area contributed by atoms with Crippen LogP contribution in [-0.2, 0) is 12.8 Å². The predicted octanol–water partition coefficient (Wildman–Crippen LogP) is 3.81. The standard InChI is InChI=1S/C20H18N2O4S/c1-11-2-4-13-17(6-11)27-20-18(13)19(21-9-22-20)24-8-14(23)12-3-5-15-16(7-12)26-10-25-15/h3,5,7,9,11H,2,4,6,8,10H2,1H3. The van der Waals surface area contributed by atoms with Crippen molar-refractivity contribution in [3.05, 3.63) is 40.5 Å². The van der Waals surface area contributed by atoms with Gasteiger partial charge in [0.15, 0.2) is 23.9 Å². The molecule has 0 N–H and O–H groups in total. The van der Waals surface area contributed by atoms with E-state index in [1.165, 1.54) is 16.8 Å². The van der Waals surface area contributed by atoms with E-state index in [0.717, 1.165) is 29.5 Å². The smallest absolute Gasteiger partial charge is 0.231 e. The third-order valence-electron chi connectivity index (χ3n) is 5.09. The van der Waals surface area contributed by atoms with Gasteiger partial charge >= 0.3 is 0 Å². The minimum absolute atomic E-state index is 0.0766. The molecular formula is C20H18N2O4S. The van der Waals surface area contributed by atoms with E-state index in [1.807, 2.05) is 0 Å². The van der Waals surface area contributed by atoms with Crippen molar-refractivity contribution in [2.24, 2.45) is 5.92 Å². The van der Waals surface area contributed by atoms with Crippen LogP contribution >= 0.6 is 11.3 Å². The van der Waals surface area contributed by atoms with Crippen molar-refractivity contribution < 1.29 is 19.0 Å². The lowest BCUT2D eigenvalue weighted by molar-refractivity contribution is 0.0919. The first kappa shape index (κ1) is 16.5. The minimum atomic E-state index is -0.127. The second-order valence-corrected chi connectivity index (χ2v) is 8.07. The van der Waals surface area contributed by atoms with Crippen LogP contribution in [0.2, 0.25) is 0 Å². The second-order valence-electron chi connectivity index (χ2n) is 6.99. The molecule has 0 amide bonds. The molecule has 0 fully saturated rings. The topological polar surface area (TPSA) is 70.5 Å². The van der Waals surface area contributed by atoms with Crippen molar-refractivity contribution in [2.45, 2.75) is 26.2 Å². The molecule has 0 radical (unpaired) electrons. The zero-order chi connectivity index (χ0) is 18.4. The van der Waals surface area contributed by atoms with Crippen LogP contribution in [-0.4, -0.2) is 29.2 Å². The number of Topliss-reactive ketones (excluding diaryl/α,β-unsaturated/α-hetero) is 1. The van der Waals surface area contributed by atoms with Gasteiger partial charge in [-0.25, -0.2) is 9.97 Å². The molecule has 6 nitrogen and oxygen atoms in total. The molecule has 1 atom stereocenters. The molecule has 0 saturated heterocycles. The summed E-state index contributed by atoms with van der Waals surface area (Å²) in [5.41, 5.74) is 1.82. The number of hydrogen-bond donors (Lipinski definition) is 0. The fourth-order valence-electron chi connectivity index (χ4n) is 3.64. The van der Waals surface area contributed by atoms with Gasteiger partial charge in [-0.3, -0.25) is 4.79 Å². The monoisotopic (exact) mass is 382 g/mol. The van der Waals surface area contributed by atoms with Crippen LogP contribution in [0, 0.1) is 5.92 Å². The summed E-state index contributed by atoms with van der Waals surface area (Å²) in [7, 11) is 0. The number of hydrogen-bond acceptors (Lipinski definition) is 7. The molecule has 1 unspecified atom stereocenters. The van der Waals surface area contributed by atoms with Crippen LogP contribution in [0.25, 0.3) is 10.2 Å². The molecule has 1 aliphatic heterocycles. The number of ketones is 1. The fourth-order valence-corrected chi connectivity index (χ4v) is 4.98. The van der Waals surface area contributed by atoms with E-state index in [2.05, 4.69) is 16.9 Å². The Morgan fingerprint density at radius 1 is 1.30 bits per heavy atom. The van der Waals surface area contributed by atoms with Gasteiger partial charge in [-0.05, 0) is 48.9 Å². The number of aryl methyl sites for hydroxylation is 1. The van der Waals surface area contributed by atoms with Gasteiger partial charge in [-0.1, -0.05) is 6.92 Å². The van der Waals surface area contributed by atoms with E-state index in [0.29, 0.717) is 28.9 Å². The van der Waals surface area contributed by atoms with Gasteiger partial charge in [0.2, 0.25) is 12.7 Å². The minimum Gasteiger partial charge on any atom is -0.469 e. The summed E-state index contributed by atoms with van der Waals surface area (Å²) < 4.78 is 16.5. The Morgan fingerprint density at radius 3 is 3.11 bits per heavy atom. The molecule has 2 aromatic heterocycles. The van der Waals surface area contributed by atoms with Crippen LogP contribution < -0.4 is 14.2 Å². The summed E-state index contributed by atoms with van der Waals surface area (Å²) in [6.07, 6.45) is 4.75. The summed E-state index contributed by atoms with van der Waals surface area (Å²) in [6.45, 7) is 2.39. The van der Waals surface area contributed by atoms with Gasteiger partial charge in [0.25, 0.3) is 0 Å². The second kappa shape index (κ2) is 6.49. The molecular weight excluding hydrogens is 364 g/mol. The summed E-state index contributed by atoms with van der Waals surface area (Å²) in [6, 6.07) is 5.16. The first-order valence-electron chi connectivity index (χ1n) is 9.00. The lowest BCUT2D eigenvalue weighted by atomic mass is 9.89. The Balaban J connectivity index is 1.39. The lowest BCUT2D eigenvalue weighted by Gasteiger charge is -2.18. The predicted molar refractivity (Wildman–Crippen MR) is 101 cm³/mol. The van der Waals surface area contributed by atoms with Crippen molar-refractivity contribution in [1.82, 2.24) is 9.97 Å². The van der Waals surface area contributed by atoms with Crippen LogP contribution in [0.15, 0.2) is 24.5 Å². The van der Waals surface area contributed by atoms with Crippen molar-refractivity contribution >= 4 is 27.3 Å². The zero-order valence-electron chi connectivity index (χ0n) is 14.9. The molecule has 3 aromatic rings. The largest absolute Gasteiger partial charge is 0.469 e. The fraction of sp³-hybridized carbons (Fsp3) is 0.350. The highest BCUT2D eigenvalue weighted by Gasteiger charge is 2.24. The normalized spacial score (nSPS) is 17.7. The third-order valence-corrected chi connectivity index (χ3v) is 6.25. The Hall–Kier alpha value is -2.67. The van der Waals surface area contributed by atoms with Crippen LogP contribution in [0.1, 0.15) is 34.1 Å². The highest BCUT2D eigenvalue weighted by molar-refractivity contribution is 7.18. The number of fused-ring (bicyclic) bond motifs is 4. The van der Waals surface area contributed by atoms with Gasteiger partial charge < -0.3 is 14.2 Å². The molecule has 0 spiro atoms. The van der Waals surface area contributed by atoms with E-state index in [9.17, 15) is 4.79 Å². The van der Waals surface area contributed by atoms with E-state index in [-0.39, 0.29) is 19.2 Å². The first-order chi connectivity index (χ1) is 13.2. The Labute approximate surface area is 160 Å². The van der Waals surface area contributed by atoms with Crippen molar-refractivity contribution in [3.63, 3.8) is 0 Å². The number of carbonyl (C=O) groups excluding carboxylic acids is 1. The number of rotatable bonds is 4. The Bertz CT molecular complexity index is 1050. The summed E-state index contributed by atoms with van der Waals surface area (Å²) in [5.74, 6) is 2.31. The molecule has 3 heterocycles. The molecule has 1 aliphatic carbocycles. The van der Waals surface area contributed by atoms with Gasteiger partial charge in [0.1, 0.15) is 11.2 Å². The van der Waals surface area contributed by atoms with E-state index in [1.54, 1.807) is 29.5 Å². The molecule has 7 heteroatoms. The lowest BCUT2D eigenvalue weighted by Crippen LogP contribution is -2.13. The highest BCUT2D eigenvalue weighted by Crippen LogP contribution is 2.40. The van der Waals surface area contributed by atoms with Crippen molar-refractivity contribution in [2.75, 3.05) is 13.4 Å². The van der Waals surface area contributed by atoms with Gasteiger partial charge in [0, 0.05) is 10.4 Å². The maximum Gasteiger partial charge on any atom is 0.231 e. The van der Waals surface area contributed by atoms with Crippen LogP contribution in [0.5, 0.6) is 17.4 Å². The van der Waals surface area contributed by atoms with Crippen LogP contribution in [0.3, 0.4) is 0 Å². The first-order valence-corrected chi connectivity index (χ1v) is 9.81. The summed E-state index contributed by atoms with van der Waals surface area (Å²) in [4.78, 5) is 23.6. The maximum atomic E-state index is 12.6. The molecule has 5 rings (SSSR count). The van der Waals surface area contributed by atoms with E-state index < -0.39 is 0 Å². The number of carbonyl (C=O) groups is 1. The van der Waals surface area contributed by atoms with Gasteiger partial charge in [-0.2, -0.15) is 0 Å². The number of aromatic nitrogens is 2. The Kier molecular flexibility index (Phi) is 3.97. The molecule has 1 aromatic carbocycles. The van der Waals surface area contributed by atoms with Gasteiger partial charge in [-0.15, -0.1) is 11.3 Å². The van der Waals surface area contributed by atoms with E-state index >= 15 is 0 Å².